The van der Waals surface area contributed by atoms with Crippen LogP contribution in [0.4, 0.5) is 0 Å². The highest BCUT2D eigenvalue weighted by Gasteiger charge is 2.38. The molecule has 112 valence electrons. The van der Waals surface area contributed by atoms with Gasteiger partial charge in [-0.1, -0.05) is 27.2 Å². The fourth-order valence-electron chi connectivity index (χ4n) is 3.57. The lowest BCUT2D eigenvalue weighted by atomic mass is 9.89. The zero-order valence-corrected chi connectivity index (χ0v) is 13.3. The highest BCUT2D eigenvalue weighted by molar-refractivity contribution is 5.85. The van der Waals surface area contributed by atoms with Gasteiger partial charge >= 0.3 is 0 Å². The molecule has 0 aromatic heterocycles. The first kappa shape index (κ1) is 16.8. The van der Waals surface area contributed by atoms with E-state index in [9.17, 15) is 4.79 Å². The Kier molecular flexibility index (Phi) is 6.61. The van der Waals surface area contributed by atoms with E-state index in [0.29, 0.717) is 29.8 Å². The molecule has 0 aromatic carbocycles. The van der Waals surface area contributed by atoms with Gasteiger partial charge in [-0.2, -0.15) is 0 Å². The topological polar surface area (TPSA) is 32.3 Å². The number of fused-ring (bicyclic) bond motifs is 2. The number of halogens is 1. The van der Waals surface area contributed by atoms with Crippen LogP contribution in [0.3, 0.4) is 0 Å². The van der Waals surface area contributed by atoms with Crippen molar-refractivity contribution < 1.29 is 4.79 Å². The van der Waals surface area contributed by atoms with E-state index in [2.05, 4.69) is 31.0 Å². The Hall–Kier alpha value is -0.280. The molecule has 1 amide bonds. The average Bonchev–Trinajstić information content (AvgIpc) is 2.59. The summed E-state index contributed by atoms with van der Waals surface area (Å²) >= 11 is 0. The molecule has 2 fully saturated rings. The number of nitrogens with zero attached hydrogens (tertiary/aromatic N) is 1. The van der Waals surface area contributed by atoms with E-state index in [1.807, 2.05) is 0 Å². The lowest BCUT2D eigenvalue weighted by molar-refractivity contribution is -0.135. The second-order valence-electron chi connectivity index (χ2n) is 6.30. The van der Waals surface area contributed by atoms with Crippen LogP contribution in [0.25, 0.3) is 0 Å². The highest BCUT2D eigenvalue weighted by atomic mass is 35.5. The van der Waals surface area contributed by atoms with Gasteiger partial charge in [0.25, 0.3) is 0 Å². The van der Waals surface area contributed by atoms with Crippen LogP contribution in [0.1, 0.15) is 52.9 Å². The molecular formula is C15H29ClN2O. The summed E-state index contributed by atoms with van der Waals surface area (Å²) in [5, 5.41) is 3.46. The molecule has 0 aromatic rings. The van der Waals surface area contributed by atoms with Crippen molar-refractivity contribution >= 4 is 18.3 Å². The zero-order valence-electron chi connectivity index (χ0n) is 12.5. The van der Waals surface area contributed by atoms with E-state index >= 15 is 0 Å². The minimum Gasteiger partial charge on any atom is -0.335 e. The first-order valence-corrected chi connectivity index (χ1v) is 7.65. The van der Waals surface area contributed by atoms with Crippen molar-refractivity contribution in [3.8, 4) is 0 Å². The Morgan fingerprint density at radius 1 is 1.26 bits per heavy atom. The zero-order chi connectivity index (χ0) is 13.1. The lowest BCUT2D eigenvalue weighted by Crippen LogP contribution is -2.43. The van der Waals surface area contributed by atoms with Gasteiger partial charge in [-0.25, -0.2) is 0 Å². The molecular weight excluding hydrogens is 260 g/mol. The van der Waals surface area contributed by atoms with Crippen molar-refractivity contribution in [3.63, 3.8) is 0 Å². The van der Waals surface area contributed by atoms with Gasteiger partial charge in [0.1, 0.15) is 0 Å². The van der Waals surface area contributed by atoms with Gasteiger partial charge in [-0.3, -0.25) is 4.79 Å². The van der Waals surface area contributed by atoms with Crippen LogP contribution in [0, 0.1) is 11.8 Å². The van der Waals surface area contributed by atoms with Gasteiger partial charge in [0.2, 0.25) is 5.91 Å². The molecule has 2 aliphatic rings. The van der Waals surface area contributed by atoms with Crippen molar-refractivity contribution in [2.75, 3.05) is 13.1 Å². The van der Waals surface area contributed by atoms with Gasteiger partial charge in [0.15, 0.2) is 0 Å². The smallest absolute Gasteiger partial charge is 0.223 e. The van der Waals surface area contributed by atoms with Gasteiger partial charge in [0.05, 0.1) is 0 Å². The first-order valence-electron chi connectivity index (χ1n) is 7.65. The quantitative estimate of drug-likeness (QED) is 0.863. The molecule has 2 aliphatic heterocycles. The Morgan fingerprint density at radius 3 is 2.58 bits per heavy atom. The molecule has 0 aliphatic carbocycles. The summed E-state index contributed by atoms with van der Waals surface area (Å²) in [6, 6.07) is 0.983. The van der Waals surface area contributed by atoms with E-state index in [-0.39, 0.29) is 12.4 Å². The minimum absolute atomic E-state index is 0. The maximum atomic E-state index is 12.6. The van der Waals surface area contributed by atoms with E-state index in [1.54, 1.807) is 0 Å². The van der Waals surface area contributed by atoms with Crippen molar-refractivity contribution in [3.05, 3.63) is 0 Å². The number of nitrogens with one attached hydrogen (secondary N) is 1. The highest BCUT2D eigenvalue weighted by Crippen LogP contribution is 2.30. The molecule has 2 rings (SSSR count). The first-order chi connectivity index (χ1) is 8.63. The molecule has 3 atom stereocenters. The molecule has 0 saturated carbocycles. The second kappa shape index (κ2) is 7.49. The molecule has 4 heteroatoms. The predicted octanol–water partition coefficient (Wildman–Crippen LogP) is 2.83. The van der Waals surface area contributed by atoms with E-state index < -0.39 is 0 Å². The van der Waals surface area contributed by atoms with Crippen LogP contribution in [0.5, 0.6) is 0 Å². The third-order valence-corrected chi connectivity index (χ3v) is 4.85. The maximum absolute atomic E-state index is 12.6. The SMILES string of the molecule is CCC(CC(=O)N1C2CCNCC1CC2)C(C)C.Cl. The van der Waals surface area contributed by atoms with Gasteiger partial charge in [-0.05, 0) is 37.6 Å². The summed E-state index contributed by atoms with van der Waals surface area (Å²) in [6.07, 6.45) is 5.42. The van der Waals surface area contributed by atoms with Crippen LogP contribution >= 0.6 is 12.4 Å². The molecule has 19 heavy (non-hydrogen) atoms. The fourth-order valence-corrected chi connectivity index (χ4v) is 3.57. The Bertz CT molecular complexity index is 282. The van der Waals surface area contributed by atoms with Crippen LogP contribution in [0.15, 0.2) is 0 Å². The fraction of sp³-hybridized carbons (Fsp3) is 0.933. The lowest BCUT2D eigenvalue weighted by Gasteiger charge is -2.30. The monoisotopic (exact) mass is 288 g/mol. The predicted molar refractivity (Wildman–Crippen MR) is 81.6 cm³/mol. The Balaban J connectivity index is 0.00000180. The number of carbonyl (C=O) groups is 1. The standard InChI is InChI=1S/C15H28N2O.ClH/c1-4-12(11(2)3)9-15(18)17-13-5-6-14(17)10-16-8-7-13;/h11-14,16H,4-10H2,1-3H3;1H. The van der Waals surface area contributed by atoms with Gasteiger partial charge in [0, 0.05) is 25.0 Å². The Morgan fingerprint density at radius 2 is 1.95 bits per heavy atom. The van der Waals surface area contributed by atoms with E-state index in [0.717, 1.165) is 32.4 Å². The van der Waals surface area contributed by atoms with E-state index in [4.69, 9.17) is 0 Å². The maximum Gasteiger partial charge on any atom is 0.223 e. The number of carbonyl (C=O) groups excluding carboxylic acids is 1. The van der Waals surface area contributed by atoms with Crippen LogP contribution in [-0.2, 0) is 4.79 Å². The molecule has 3 unspecified atom stereocenters. The summed E-state index contributed by atoms with van der Waals surface area (Å²) in [5.41, 5.74) is 0. The van der Waals surface area contributed by atoms with Crippen LogP contribution in [-0.4, -0.2) is 36.0 Å². The number of hydrogen-bond acceptors (Lipinski definition) is 2. The normalized spacial score (nSPS) is 27.9. The van der Waals surface area contributed by atoms with Crippen molar-refractivity contribution in [1.82, 2.24) is 10.2 Å². The molecule has 2 saturated heterocycles. The van der Waals surface area contributed by atoms with Gasteiger partial charge < -0.3 is 10.2 Å². The van der Waals surface area contributed by atoms with Crippen molar-refractivity contribution in [2.45, 2.75) is 65.0 Å². The molecule has 2 heterocycles. The van der Waals surface area contributed by atoms with Gasteiger partial charge in [-0.15, -0.1) is 12.4 Å². The second-order valence-corrected chi connectivity index (χ2v) is 6.30. The average molecular weight is 289 g/mol. The Labute approximate surface area is 123 Å². The summed E-state index contributed by atoms with van der Waals surface area (Å²) in [5.74, 6) is 1.57. The van der Waals surface area contributed by atoms with E-state index in [1.165, 1.54) is 12.8 Å². The molecule has 2 bridgehead atoms. The number of rotatable bonds is 4. The summed E-state index contributed by atoms with van der Waals surface area (Å²) in [4.78, 5) is 14.8. The third kappa shape index (κ3) is 3.85. The number of amides is 1. The summed E-state index contributed by atoms with van der Waals surface area (Å²) in [6.45, 7) is 8.75. The largest absolute Gasteiger partial charge is 0.335 e. The summed E-state index contributed by atoms with van der Waals surface area (Å²) in [7, 11) is 0. The van der Waals surface area contributed by atoms with Crippen LogP contribution in [0.2, 0.25) is 0 Å². The molecule has 0 radical (unpaired) electrons. The van der Waals surface area contributed by atoms with Crippen molar-refractivity contribution in [1.29, 1.82) is 0 Å². The minimum atomic E-state index is 0. The molecule has 0 spiro atoms. The third-order valence-electron chi connectivity index (χ3n) is 4.85. The van der Waals surface area contributed by atoms with Crippen molar-refractivity contribution in [2.24, 2.45) is 11.8 Å². The molecule has 1 N–H and O–H groups in total. The molecule has 3 nitrogen and oxygen atoms in total. The summed E-state index contributed by atoms with van der Waals surface area (Å²) < 4.78 is 0. The van der Waals surface area contributed by atoms with Crippen LogP contribution < -0.4 is 5.32 Å². The number of hydrogen-bond donors (Lipinski definition) is 1.